The number of aryl methyl sites for hydroxylation is 1. The minimum absolute atomic E-state index is 1.13. The van der Waals surface area contributed by atoms with Crippen LogP contribution in [0.3, 0.4) is 0 Å². The summed E-state index contributed by atoms with van der Waals surface area (Å²) in [6, 6.07) is 6.29. The number of benzene rings is 1. The Labute approximate surface area is 105 Å². The number of fused-ring (bicyclic) bond motifs is 1. The Morgan fingerprint density at radius 3 is 2.88 bits per heavy atom. The standard InChI is InChI=1S/C13H17BrN2/c1-16(2)8-4-5-10-9-15-12-7-3-6-11(14)13(10)12/h3,6-7,9,15H,4-5,8H2,1-2H3. The van der Waals surface area contributed by atoms with Gasteiger partial charge >= 0.3 is 0 Å². The minimum Gasteiger partial charge on any atom is -0.361 e. The highest BCUT2D eigenvalue weighted by atomic mass is 79.9. The van der Waals surface area contributed by atoms with Crippen LogP contribution in [-0.4, -0.2) is 30.5 Å². The quantitative estimate of drug-likeness (QED) is 0.909. The summed E-state index contributed by atoms with van der Waals surface area (Å²) in [5, 5.41) is 1.33. The van der Waals surface area contributed by atoms with Gasteiger partial charge in [0.1, 0.15) is 0 Å². The van der Waals surface area contributed by atoms with Crippen LogP contribution in [0.25, 0.3) is 10.9 Å². The summed E-state index contributed by atoms with van der Waals surface area (Å²) in [4.78, 5) is 5.55. The first-order chi connectivity index (χ1) is 7.68. The Morgan fingerprint density at radius 2 is 2.12 bits per heavy atom. The molecule has 2 nitrogen and oxygen atoms in total. The van der Waals surface area contributed by atoms with Gasteiger partial charge < -0.3 is 9.88 Å². The number of halogens is 1. The van der Waals surface area contributed by atoms with Crippen LogP contribution in [0.1, 0.15) is 12.0 Å². The van der Waals surface area contributed by atoms with Gasteiger partial charge in [0.2, 0.25) is 0 Å². The number of aromatic nitrogens is 1. The number of hydrogen-bond acceptors (Lipinski definition) is 1. The van der Waals surface area contributed by atoms with E-state index in [0.29, 0.717) is 0 Å². The molecule has 0 aliphatic heterocycles. The first-order valence-electron chi connectivity index (χ1n) is 5.57. The third kappa shape index (κ3) is 2.47. The molecule has 0 fully saturated rings. The van der Waals surface area contributed by atoms with E-state index in [1.165, 1.54) is 27.4 Å². The normalized spacial score (nSPS) is 11.5. The van der Waals surface area contributed by atoms with Gasteiger partial charge in [-0.25, -0.2) is 0 Å². The molecule has 0 amide bonds. The van der Waals surface area contributed by atoms with E-state index >= 15 is 0 Å². The largest absolute Gasteiger partial charge is 0.361 e. The molecule has 0 saturated carbocycles. The summed E-state index contributed by atoms with van der Waals surface area (Å²) in [7, 11) is 4.23. The topological polar surface area (TPSA) is 19.0 Å². The minimum atomic E-state index is 1.13. The Morgan fingerprint density at radius 1 is 1.31 bits per heavy atom. The Balaban J connectivity index is 2.18. The second kappa shape index (κ2) is 5.02. The fraction of sp³-hybridized carbons (Fsp3) is 0.385. The second-order valence-electron chi connectivity index (χ2n) is 4.38. The number of nitrogens with zero attached hydrogens (tertiary/aromatic N) is 1. The lowest BCUT2D eigenvalue weighted by Gasteiger charge is -2.08. The summed E-state index contributed by atoms with van der Waals surface area (Å²) in [5.74, 6) is 0. The van der Waals surface area contributed by atoms with E-state index in [-0.39, 0.29) is 0 Å². The maximum Gasteiger partial charge on any atom is 0.0468 e. The zero-order valence-electron chi connectivity index (χ0n) is 9.76. The summed E-state index contributed by atoms with van der Waals surface area (Å²) < 4.78 is 1.19. The van der Waals surface area contributed by atoms with Crippen LogP contribution in [0, 0.1) is 0 Å². The van der Waals surface area contributed by atoms with Crippen LogP contribution in [0.15, 0.2) is 28.9 Å². The van der Waals surface area contributed by atoms with Gasteiger partial charge in [-0.05, 0) is 51.2 Å². The average molecular weight is 281 g/mol. The molecule has 0 spiro atoms. The molecule has 0 aliphatic carbocycles. The zero-order valence-corrected chi connectivity index (χ0v) is 11.3. The molecule has 1 aromatic heterocycles. The van der Waals surface area contributed by atoms with Crippen LogP contribution < -0.4 is 0 Å². The molecule has 0 saturated heterocycles. The predicted molar refractivity (Wildman–Crippen MR) is 72.9 cm³/mol. The van der Waals surface area contributed by atoms with Crippen LogP contribution in [0.5, 0.6) is 0 Å². The van der Waals surface area contributed by atoms with Crippen molar-refractivity contribution in [3.05, 3.63) is 34.4 Å². The van der Waals surface area contributed by atoms with Crippen LogP contribution in [0.2, 0.25) is 0 Å². The molecule has 1 N–H and O–H groups in total. The second-order valence-corrected chi connectivity index (χ2v) is 5.24. The third-order valence-electron chi connectivity index (χ3n) is 2.79. The molecule has 0 aliphatic rings. The van der Waals surface area contributed by atoms with Gasteiger partial charge in [0.15, 0.2) is 0 Å². The summed E-state index contributed by atoms with van der Waals surface area (Å²) in [6.07, 6.45) is 4.45. The first kappa shape index (κ1) is 11.7. The highest BCUT2D eigenvalue weighted by Gasteiger charge is 2.06. The Kier molecular flexibility index (Phi) is 3.66. The maximum absolute atomic E-state index is 3.62. The molecule has 16 heavy (non-hydrogen) atoms. The summed E-state index contributed by atoms with van der Waals surface area (Å²) >= 11 is 3.62. The molecule has 2 rings (SSSR count). The summed E-state index contributed by atoms with van der Waals surface area (Å²) in [6.45, 7) is 1.14. The summed E-state index contributed by atoms with van der Waals surface area (Å²) in [5.41, 5.74) is 2.62. The molecule has 86 valence electrons. The molecule has 0 bridgehead atoms. The van der Waals surface area contributed by atoms with Crippen molar-refractivity contribution in [3.8, 4) is 0 Å². The number of H-pyrrole nitrogens is 1. The molecule has 1 aromatic carbocycles. The van der Waals surface area contributed by atoms with Crippen molar-refractivity contribution in [3.63, 3.8) is 0 Å². The van der Waals surface area contributed by atoms with Crippen molar-refractivity contribution < 1.29 is 0 Å². The Hall–Kier alpha value is -0.800. The molecule has 0 unspecified atom stereocenters. The highest BCUT2D eigenvalue weighted by molar-refractivity contribution is 9.10. The van der Waals surface area contributed by atoms with E-state index in [4.69, 9.17) is 0 Å². The molecular weight excluding hydrogens is 264 g/mol. The lowest BCUT2D eigenvalue weighted by molar-refractivity contribution is 0.400. The number of hydrogen-bond donors (Lipinski definition) is 1. The van der Waals surface area contributed by atoms with Gasteiger partial charge in [0, 0.05) is 21.6 Å². The van der Waals surface area contributed by atoms with E-state index < -0.39 is 0 Å². The van der Waals surface area contributed by atoms with E-state index in [0.717, 1.165) is 13.0 Å². The highest BCUT2D eigenvalue weighted by Crippen LogP contribution is 2.27. The van der Waals surface area contributed by atoms with E-state index in [1.807, 2.05) is 0 Å². The molecule has 0 radical (unpaired) electrons. The average Bonchev–Trinajstić information content (AvgIpc) is 2.62. The lowest BCUT2D eigenvalue weighted by Crippen LogP contribution is -2.13. The van der Waals surface area contributed by atoms with E-state index in [9.17, 15) is 0 Å². The SMILES string of the molecule is CN(C)CCCc1c[nH]c2cccc(Br)c12. The smallest absolute Gasteiger partial charge is 0.0468 e. The molecule has 3 heteroatoms. The van der Waals surface area contributed by atoms with E-state index in [1.54, 1.807) is 0 Å². The monoisotopic (exact) mass is 280 g/mol. The van der Waals surface area contributed by atoms with Crippen LogP contribution in [0.4, 0.5) is 0 Å². The lowest BCUT2D eigenvalue weighted by atomic mass is 10.1. The number of nitrogens with one attached hydrogen (secondary N) is 1. The van der Waals surface area contributed by atoms with Gasteiger partial charge in [0.05, 0.1) is 0 Å². The van der Waals surface area contributed by atoms with Crippen molar-refractivity contribution >= 4 is 26.8 Å². The van der Waals surface area contributed by atoms with Crippen molar-refractivity contribution in [2.45, 2.75) is 12.8 Å². The van der Waals surface area contributed by atoms with Crippen LogP contribution >= 0.6 is 15.9 Å². The van der Waals surface area contributed by atoms with Gasteiger partial charge in [-0.2, -0.15) is 0 Å². The maximum atomic E-state index is 3.62. The third-order valence-corrected chi connectivity index (χ3v) is 3.45. The van der Waals surface area contributed by atoms with Crippen molar-refractivity contribution in [2.75, 3.05) is 20.6 Å². The van der Waals surface area contributed by atoms with Gasteiger partial charge in [-0.1, -0.05) is 22.0 Å². The Bertz CT molecular complexity index is 474. The van der Waals surface area contributed by atoms with E-state index in [2.05, 4.69) is 64.3 Å². The van der Waals surface area contributed by atoms with Crippen LogP contribution in [-0.2, 0) is 6.42 Å². The van der Waals surface area contributed by atoms with Crippen molar-refractivity contribution in [1.82, 2.24) is 9.88 Å². The van der Waals surface area contributed by atoms with Gasteiger partial charge in [-0.15, -0.1) is 0 Å². The first-order valence-corrected chi connectivity index (χ1v) is 6.37. The molecular formula is C13H17BrN2. The predicted octanol–water partition coefficient (Wildman–Crippen LogP) is 3.42. The fourth-order valence-electron chi connectivity index (χ4n) is 1.99. The number of rotatable bonds is 4. The van der Waals surface area contributed by atoms with Crippen molar-refractivity contribution in [2.24, 2.45) is 0 Å². The van der Waals surface area contributed by atoms with Gasteiger partial charge in [-0.3, -0.25) is 0 Å². The molecule has 0 atom stereocenters. The van der Waals surface area contributed by atoms with Crippen molar-refractivity contribution in [1.29, 1.82) is 0 Å². The zero-order chi connectivity index (χ0) is 11.5. The molecule has 2 aromatic rings. The fourth-order valence-corrected chi connectivity index (χ4v) is 2.61. The number of aromatic amines is 1. The molecule has 1 heterocycles. The van der Waals surface area contributed by atoms with Gasteiger partial charge in [0.25, 0.3) is 0 Å².